The minimum Gasteiger partial charge on any atom is -0.475 e. The number of hydrogen-bond donors (Lipinski definition) is 2. The van der Waals surface area contributed by atoms with Gasteiger partial charge in [0.1, 0.15) is 5.76 Å². The molecule has 0 saturated heterocycles. The molecule has 1 atom stereocenters. The molecular formula is C10H14O4S. The van der Waals surface area contributed by atoms with Crippen LogP contribution in [0.25, 0.3) is 0 Å². The lowest BCUT2D eigenvalue weighted by atomic mass is 10.3. The molecule has 1 heterocycles. The zero-order valence-electron chi connectivity index (χ0n) is 8.69. The van der Waals surface area contributed by atoms with E-state index in [1.165, 1.54) is 6.07 Å². The molecule has 1 unspecified atom stereocenters. The lowest BCUT2D eigenvalue weighted by Gasteiger charge is -2.05. The summed E-state index contributed by atoms with van der Waals surface area (Å²) in [5.41, 5.74) is 0.873. The summed E-state index contributed by atoms with van der Waals surface area (Å²) in [6, 6.07) is 1.54. The highest BCUT2D eigenvalue weighted by Crippen LogP contribution is 2.22. The fourth-order valence-corrected chi connectivity index (χ4v) is 1.91. The number of aryl methyl sites for hydroxylation is 1. The number of carboxylic acid groups (broad SMARTS) is 1. The highest BCUT2D eigenvalue weighted by Gasteiger charge is 2.13. The summed E-state index contributed by atoms with van der Waals surface area (Å²) in [5.74, 6) is 0.207. The van der Waals surface area contributed by atoms with Gasteiger partial charge in [0.05, 0.1) is 6.61 Å². The Morgan fingerprint density at radius 2 is 2.33 bits per heavy atom. The van der Waals surface area contributed by atoms with Crippen LogP contribution < -0.4 is 0 Å². The van der Waals surface area contributed by atoms with Gasteiger partial charge in [0.15, 0.2) is 0 Å². The second kappa shape index (κ2) is 5.23. The normalized spacial score (nSPS) is 12.7. The van der Waals surface area contributed by atoms with Gasteiger partial charge in [-0.3, -0.25) is 0 Å². The van der Waals surface area contributed by atoms with Gasteiger partial charge in [-0.2, -0.15) is 11.8 Å². The zero-order chi connectivity index (χ0) is 11.4. The van der Waals surface area contributed by atoms with E-state index in [1.54, 1.807) is 18.7 Å². The number of carboxylic acids is 1. The van der Waals surface area contributed by atoms with E-state index in [1.807, 2.05) is 6.92 Å². The van der Waals surface area contributed by atoms with Crippen LogP contribution in [0.4, 0.5) is 0 Å². The van der Waals surface area contributed by atoms with Gasteiger partial charge in [0.2, 0.25) is 5.76 Å². The molecule has 0 aromatic carbocycles. The number of furan rings is 1. The smallest absolute Gasteiger partial charge is 0.371 e. The Bertz CT molecular complexity index is 345. The Kier molecular flexibility index (Phi) is 4.23. The van der Waals surface area contributed by atoms with E-state index in [4.69, 9.17) is 14.6 Å². The van der Waals surface area contributed by atoms with Gasteiger partial charge in [-0.05, 0) is 13.0 Å². The van der Waals surface area contributed by atoms with Crippen molar-refractivity contribution in [2.45, 2.75) is 24.9 Å². The van der Waals surface area contributed by atoms with Crippen molar-refractivity contribution in [3.8, 4) is 0 Å². The van der Waals surface area contributed by atoms with E-state index >= 15 is 0 Å². The molecule has 2 N–H and O–H groups in total. The molecule has 84 valence electrons. The molecule has 1 rings (SSSR count). The van der Waals surface area contributed by atoms with Crippen molar-refractivity contribution in [3.63, 3.8) is 0 Å². The Labute approximate surface area is 92.3 Å². The molecule has 15 heavy (non-hydrogen) atoms. The maximum absolute atomic E-state index is 10.6. The third-order valence-electron chi connectivity index (χ3n) is 2.01. The second-order valence-electron chi connectivity index (χ2n) is 3.30. The monoisotopic (exact) mass is 230 g/mol. The molecule has 0 bridgehead atoms. The average molecular weight is 230 g/mol. The molecule has 0 spiro atoms. The van der Waals surface area contributed by atoms with Crippen molar-refractivity contribution in [1.29, 1.82) is 0 Å². The van der Waals surface area contributed by atoms with Crippen molar-refractivity contribution in [3.05, 3.63) is 23.2 Å². The van der Waals surface area contributed by atoms with Gasteiger partial charge in [-0.25, -0.2) is 4.79 Å². The first-order valence-corrected chi connectivity index (χ1v) is 5.64. The Hall–Kier alpha value is -0.940. The van der Waals surface area contributed by atoms with Crippen LogP contribution in [0.1, 0.15) is 28.8 Å². The first kappa shape index (κ1) is 12.1. The quantitative estimate of drug-likeness (QED) is 0.808. The average Bonchev–Trinajstić information content (AvgIpc) is 2.56. The number of rotatable bonds is 5. The Morgan fingerprint density at radius 3 is 2.80 bits per heavy atom. The highest BCUT2D eigenvalue weighted by atomic mass is 32.2. The topological polar surface area (TPSA) is 70.7 Å². The predicted molar refractivity (Wildman–Crippen MR) is 58.2 cm³/mol. The van der Waals surface area contributed by atoms with Crippen LogP contribution in [0.2, 0.25) is 0 Å². The molecule has 1 aromatic rings. The van der Waals surface area contributed by atoms with Gasteiger partial charge >= 0.3 is 5.97 Å². The number of aliphatic hydroxyl groups excluding tert-OH is 1. The van der Waals surface area contributed by atoms with Crippen molar-refractivity contribution < 1.29 is 19.4 Å². The van der Waals surface area contributed by atoms with Gasteiger partial charge in [-0.1, -0.05) is 6.92 Å². The van der Waals surface area contributed by atoms with Crippen LogP contribution >= 0.6 is 11.8 Å². The molecule has 0 radical (unpaired) electrons. The number of hydrogen-bond acceptors (Lipinski definition) is 4. The van der Waals surface area contributed by atoms with E-state index in [2.05, 4.69) is 0 Å². The summed E-state index contributed by atoms with van der Waals surface area (Å²) >= 11 is 1.57. The summed E-state index contributed by atoms with van der Waals surface area (Å²) in [6.45, 7) is 3.78. The summed E-state index contributed by atoms with van der Waals surface area (Å²) in [6.07, 6.45) is 0. The SMILES string of the molecule is Cc1oc(C(=O)O)cc1CSC(C)CO. The Morgan fingerprint density at radius 1 is 1.67 bits per heavy atom. The second-order valence-corrected chi connectivity index (χ2v) is 4.73. The fraction of sp³-hybridized carbons (Fsp3) is 0.500. The molecule has 0 saturated carbocycles. The zero-order valence-corrected chi connectivity index (χ0v) is 9.50. The van der Waals surface area contributed by atoms with Gasteiger partial charge in [-0.15, -0.1) is 0 Å². The third-order valence-corrected chi connectivity index (χ3v) is 3.21. The van der Waals surface area contributed by atoms with E-state index in [0.717, 1.165) is 5.56 Å². The van der Waals surface area contributed by atoms with Gasteiger partial charge < -0.3 is 14.6 Å². The first-order valence-electron chi connectivity index (χ1n) is 4.59. The summed E-state index contributed by atoms with van der Waals surface area (Å²) in [5, 5.41) is 17.7. The largest absolute Gasteiger partial charge is 0.475 e. The molecule has 0 amide bonds. The fourth-order valence-electron chi connectivity index (χ4n) is 1.05. The van der Waals surface area contributed by atoms with E-state index in [-0.39, 0.29) is 17.6 Å². The highest BCUT2D eigenvalue weighted by molar-refractivity contribution is 7.99. The van der Waals surface area contributed by atoms with Crippen LogP contribution in [0.15, 0.2) is 10.5 Å². The van der Waals surface area contributed by atoms with Crippen LogP contribution in [-0.4, -0.2) is 28.0 Å². The molecule has 5 heteroatoms. The number of thioether (sulfide) groups is 1. The molecule has 0 aliphatic heterocycles. The lowest BCUT2D eigenvalue weighted by molar-refractivity contribution is 0.0661. The van der Waals surface area contributed by atoms with E-state index < -0.39 is 5.97 Å². The minimum atomic E-state index is -1.05. The number of aromatic carboxylic acids is 1. The van der Waals surface area contributed by atoms with Crippen molar-refractivity contribution in [2.24, 2.45) is 0 Å². The number of aliphatic hydroxyl groups is 1. The number of carbonyl (C=O) groups is 1. The van der Waals surface area contributed by atoms with Gasteiger partial charge in [0.25, 0.3) is 0 Å². The molecule has 0 aliphatic carbocycles. The first-order chi connectivity index (χ1) is 7.04. The Balaban J connectivity index is 2.65. The molecular weight excluding hydrogens is 216 g/mol. The van der Waals surface area contributed by atoms with Crippen molar-refractivity contribution >= 4 is 17.7 Å². The molecule has 0 aliphatic rings. The van der Waals surface area contributed by atoms with E-state index in [0.29, 0.717) is 11.5 Å². The van der Waals surface area contributed by atoms with Crippen LogP contribution in [0.5, 0.6) is 0 Å². The maximum Gasteiger partial charge on any atom is 0.371 e. The maximum atomic E-state index is 10.6. The summed E-state index contributed by atoms with van der Waals surface area (Å²) < 4.78 is 5.07. The third kappa shape index (κ3) is 3.28. The predicted octanol–water partition coefficient (Wildman–Crippen LogP) is 1.90. The molecule has 1 aromatic heterocycles. The molecule has 4 nitrogen and oxygen atoms in total. The lowest BCUT2D eigenvalue weighted by Crippen LogP contribution is -2.02. The van der Waals surface area contributed by atoms with Crippen molar-refractivity contribution in [1.82, 2.24) is 0 Å². The van der Waals surface area contributed by atoms with Crippen LogP contribution in [0.3, 0.4) is 0 Å². The summed E-state index contributed by atoms with van der Waals surface area (Å²) in [4.78, 5) is 10.6. The van der Waals surface area contributed by atoms with Crippen molar-refractivity contribution in [2.75, 3.05) is 6.61 Å². The van der Waals surface area contributed by atoms with Gasteiger partial charge in [0, 0.05) is 16.6 Å². The van der Waals surface area contributed by atoms with E-state index in [9.17, 15) is 4.79 Å². The minimum absolute atomic E-state index is 0.0280. The van der Waals surface area contributed by atoms with Crippen LogP contribution in [-0.2, 0) is 5.75 Å². The van der Waals surface area contributed by atoms with Crippen LogP contribution in [0, 0.1) is 6.92 Å². The molecule has 0 fully saturated rings. The standard InChI is InChI=1S/C10H14O4S/c1-6(4-11)15-5-8-3-9(10(12)13)14-7(8)2/h3,6,11H,4-5H2,1-2H3,(H,12,13). The summed E-state index contributed by atoms with van der Waals surface area (Å²) in [7, 11) is 0.